The highest BCUT2D eigenvalue weighted by Gasteiger charge is 2.19. The molecule has 3 N–H and O–H groups in total. The van der Waals surface area contributed by atoms with E-state index in [2.05, 4.69) is 0 Å². The normalized spacial score (nSPS) is 10.2. The van der Waals surface area contributed by atoms with E-state index in [9.17, 15) is 14.9 Å². The highest BCUT2D eigenvalue weighted by atomic mass is 35.5. The quantitative estimate of drug-likeness (QED) is 0.377. The van der Waals surface area contributed by atoms with Crippen molar-refractivity contribution in [2.45, 2.75) is 6.61 Å². The molecule has 1 aromatic heterocycles. The van der Waals surface area contributed by atoms with Gasteiger partial charge in [-0.2, -0.15) is 0 Å². The summed E-state index contributed by atoms with van der Waals surface area (Å²) in [6.07, 6.45) is 1.20. The fourth-order valence-electron chi connectivity index (χ4n) is 1.59. The number of amides is 1. The minimum Gasteiger partial charge on any atom is -0.478 e. The van der Waals surface area contributed by atoms with E-state index in [0.717, 1.165) is 0 Å². The van der Waals surface area contributed by atoms with Crippen LogP contribution in [-0.2, 0) is 6.61 Å². The Morgan fingerprint density at radius 2 is 2.29 bits per heavy atom. The number of rotatable bonds is 5. The van der Waals surface area contributed by atoms with E-state index >= 15 is 0 Å². The zero-order chi connectivity index (χ0) is 15.4. The monoisotopic (exact) mass is 311 g/mol. The zero-order valence-corrected chi connectivity index (χ0v) is 11.3. The molecule has 8 nitrogen and oxygen atoms in total. The van der Waals surface area contributed by atoms with Gasteiger partial charge in [0.25, 0.3) is 5.91 Å². The molecule has 2 rings (SSSR count). The molecule has 0 saturated carbocycles. The number of nitrogens with two attached hydrogens (primary N) is 1. The van der Waals surface area contributed by atoms with Crippen LogP contribution >= 0.6 is 11.6 Å². The predicted molar refractivity (Wildman–Crippen MR) is 72.8 cm³/mol. The second kappa shape index (κ2) is 6.25. The molecule has 2 aromatic rings. The number of furan rings is 1. The molecule has 0 aliphatic heterocycles. The fourth-order valence-corrected chi connectivity index (χ4v) is 1.81. The topological polar surface area (TPSA) is 121 Å². The lowest BCUT2D eigenvalue weighted by atomic mass is 10.3. The highest BCUT2D eigenvalue weighted by Crippen LogP contribution is 2.34. The number of halogens is 1. The van der Waals surface area contributed by atoms with E-state index in [1.807, 2.05) is 5.43 Å². The molecular formula is C12H10ClN3O5. The molecule has 1 amide bonds. The third-order valence-corrected chi connectivity index (χ3v) is 2.85. The van der Waals surface area contributed by atoms with Crippen molar-refractivity contribution in [3.05, 3.63) is 57.0 Å². The summed E-state index contributed by atoms with van der Waals surface area (Å²) < 4.78 is 10.4. The van der Waals surface area contributed by atoms with Crippen LogP contribution in [0.15, 0.2) is 34.9 Å². The number of ether oxygens (including phenoxy) is 1. The van der Waals surface area contributed by atoms with Gasteiger partial charge >= 0.3 is 5.69 Å². The Balaban J connectivity index is 2.15. The van der Waals surface area contributed by atoms with E-state index in [1.54, 1.807) is 0 Å². The second-order valence-corrected chi connectivity index (χ2v) is 4.32. The molecule has 0 aliphatic carbocycles. The third-order valence-electron chi connectivity index (χ3n) is 2.55. The first kappa shape index (κ1) is 14.8. The molecule has 0 fully saturated rings. The second-order valence-electron chi connectivity index (χ2n) is 3.91. The largest absolute Gasteiger partial charge is 0.478 e. The van der Waals surface area contributed by atoms with Gasteiger partial charge in [0.1, 0.15) is 18.6 Å². The van der Waals surface area contributed by atoms with Crippen molar-refractivity contribution < 1.29 is 18.9 Å². The maximum atomic E-state index is 11.3. The summed E-state index contributed by atoms with van der Waals surface area (Å²) in [6, 6.07) is 5.60. The molecule has 9 heteroatoms. The van der Waals surface area contributed by atoms with Crippen molar-refractivity contribution >= 4 is 23.2 Å². The van der Waals surface area contributed by atoms with Gasteiger partial charge in [-0.1, -0.05) is 17.7 Å². The average Bonchev–Trinajstić information content (AvgIpc) is 2.93. The summed E-state index contributed by atoms with van der Waals surface area (Å²) in [6.45, 7) is -0.123. The van der Waals surface area contributed by atoms with Gasteiger partial charge in [-0.15, -0.1) is 0 Å². The fraction of sp³-hybridized carbons (Fsp3) is 0.0833. The first-order valence-electron chi connectivity index (χ1n) is 5.67. The van der Waals surface area contributed by atoms with Crippen molar-refractivity contribution in [3.63, 3.8) is 0 Å². The Morgan fingerprint density at radius 3 is 2.95 bits per heavy atom. The number of carbonyl (C=O) groups is 1. The van der Waals surface area contributed by atoms with Crippen LogP contribution in [0.4, 0.5) is 5.69 Å². The summed E-state index contributed by atoms with van der Waals surface area (Å²) in [5, 5.41) is 11.0. The van der Waals surface area contributed by atoms with E-state index < -0.39 is 10.8 Å². The number of nitro groups is 1. The lowest BCUT2D eigenvalue weighted by Crippen LogP contribution is -2.29. The zero-order valence-electron chi connectivity index (χ0n) is 10.5. The van der Waals surface area contributed by atoms with E-state index in [-0.39, 0.29) is 28.6 Å². The minimum atomic E-state index is -0.601. The molecule has 1 heterocycles. The van der Waals surface area contributed by atoms with Crippen molar-refractivity contribution in [2.75, 3.05) is 0 Å². The summed E-state index contributed by atoms with van der Waals surface area (Å²) in [5.74, 6) is 4.70. The van der Waals surface area contributed by atoms with E-state index in [0.29, 0.717) is 5.76 Å². The summed E-state index contributed by atoms with van der Waals surface area (Å²) in [7, 11) is 0. The Morgan fingerprint density at radius 1 is 1.52 bits per heavy atom. The van der Waals surface area contributed by atoms with Gasteiger partial charge in [-0.3, -0.25) is 20.3 Å². The van der Waals surface area contributed by atoms with Crippen molar-refractivity contribution in [1.82, 2.24) is 5.43 Å². The lowest BCUT2D eigenvalue weighted by molar-refractivity contribution is -0.385. The molecule has 0 aliphatic rings. The first-order valence-corrected chi connectivity index (χ1v) is 6.04. The third kappa shape index (κ3) is 3.30. The number of para-hydroxylation sites is 1. The smallest absolute Gasteiger partial charge is 0.312 e. The number of hydrogen-bond donors (Lipinski definition) is 2. The molecule has 1 aromatic carbocycles. The van der Waals surface area contributed by atoms with Crippen molar-refractivity contribution in [3.8, 4) is 5.75 Å². The number of nitrogen functional groups attached to an aromatic ring is 1. The first-order chi connectivity index (χ1) is 10.0. The van der Waals surface area contributed by atoms with Gasteiger partial charge < -0.3 is 9.15 Å². The Bertz CT molecular complexity index is 685. The molecule has 0 radical (unpaired) electrons. The molecule has 0 unspecified atom stereocenters. The summed E-state index contributed by atoms with van der Waals surface area (Å²) in [5.41, 5.74) is 1.91. The van der Waals surface area contributed by atoms with Crippen molar-refractivity contribution in [1.29, 1.82) is 0 Å². The number of nitrogens with zero attached hydrogens (tertiary/aromatic N) is 1. The number of nitrogens with one attached hydrogen (secondary N) is 1. The van der Waals surface area contributed by atoms with Crippen LogP contribution in [0.3, 0.4) is 0 Å². The Kier molecular flexibility index (Phi) is 4.41. The molecule has 0 bridgehead atoms. The van der Waals surface area contributed by atoms with Crippen LogP contribution < -0.4 is 16.0 Å². The summed E-state index contributed by atoms with van der Waals surface area (Å²) in [4.78, 5) is 21.5. The predicted octanol–water partition coefficient (Wildman–Crippen LogP) is 2.02. The van der Waals surface area contributed by atoms with Crippen molar-refractivity contribution in [2.24, 2.45) is 5.84 Å². The number of hydrazine groups is 1. The van der Waals surface area contributed by atoms with Crippen LogP contribution in [0.1, 0.15) is 16.1 Å². The van der Waals surface area contributed by atoms with Gasteiger partial charge in [0.15, 0.2) is 0 Å². The highest BCUT2D eigenvalue weighted by molar-refractivity contribution is 6.32. The lowest BCUT2D eigenvalue weighted by Gasteiger charge is -2.06. The van der Waals surface area contributed by atoms with E-state index in [1.165, 1.54) is 30.5 Å². The number of hydrogen-bond acceptors (Lipinski definition) is 6. The molecule has 0 atom stereocenters. The molecular weight excluding hydrogens is 302 g/mol. The van der Waals surface area contributed by atoms with Gasteiger partial charge in [-0.25, -0.2) is 5.84 Å². The SMILES string of the molecule is NNC(=O)c1coc(COc2c(Cl)cccc2[N+](=O)[O-])c1. The van der Waals surface area contributed by atoms with Crippen LogP contribution in [0.5, 0.6) is 5.75 Å². The maximum Gasteiger partial charge on any atom is 0.312 e. The molecule has 21 heavy (non-hydrogen) atoms. The average molecular weight is 312 g/mol. The Labute approximate surface area is 123 Å². The van der Waals surface area contributed by atoms with Crippen LogP contribution in [0.25, 0.3) is 0 Å². The van der Waals surface area contributed by atoms with Crippen LogP contribution in [-0.4, -0.2) is 10.8 Å². The van der Waals surface area contributed by atoms with Crippen LogP contribution in [0, 0.1) is 10.1 Å². The van der Waals surface area contributed by atoms with Gasteiger partial charge in [-0.05, 0) is 12.1 Å². The Hall–Kier alpha value is -2.58. The van der Waals surface area contributed by atoms with Gasteiger partial charge in [0, 0.05) is 6.07 Å². The van der Waals surface area contributed by atoms with Crippen LogP contribution in [0.2, 0.25) is 5.02 Å². The summed E-state index contributed by atoms with van der Waals surface area (Å²) >= 11 is 5.88. The van der Waals surface area contributed by atoms with E-state index in [4.69, 9.17) is 26.6 Å². The maximum absolute atomic E-state index is 11.3. The molecule has 0 spiro atoms. The number of benzene rings is 1. The molecule has 110 valence electrons. The van der Waals surface area contributed by atoms with Gasteiger partial charge in [0.2, 0.25) is 5.75 Å². The number of nitro benzene ring substituents is 1. The molecule has 0 saturated heterocycles. The standard InChI is InChI=1S/C12H10ClN3O5/c13-9-2-1-3-10(16(18)19)11(9)21-6-8-4-7(5-20-8)12(17)15-14/h1-5H,6,14H2,(H,15,17). The van der Waals surface area contributed by atoms with Gasteiger partial charge in [0.05, 0.1) is 15.5 Å². The minimum absolute atomic E-state index is 0.0645. The number of carbonyl (C=O) groups excluding carboxylic acids is 1.